The minimum atomic E-state index is -0.149. The van der Waals surface area contributed by atoms with Crippen molar-refractivity contribution in [3.05, 3.63) is 29.8 Å². The first kappa shape index (κ1) is 20.9. The normalized spacial score (nSPS) is 15.9. The molecule has 1 amide bonds. The van der Waals surface area contributed by atoms with Crippen molar-refractivity contribution in [2.45, 2.75) is 19.9 Å². The maximum absolute atomic E-state index is 12.2. The van der Waals surface area contributed by atoms with Crippen LogP contribution in [0.5, 0.6) is 0 Å². The third kappa shape index (κ3) is 5.57. The van der Waals surface area contributed by atoms with Crippen molar-refractivity contribution in [3.8, 4) is 0 Å². The molecule has 124 valence electrons. The molecule has 0 saturated carbocycles. The largest absolute Gasteiger partial charge is 0.325 e. The molecule has 2 rings (SSSR count). The number of nitrogens with zero attached hydrogens (tertiary/aromatic N) is 1. The summed E-state index contributed by atoms with van der Waals surface area (Å²) in [5.41, 5.74) is 1.38. The molecule has 0 bridgehead atoms. The molecule has 7 heteroatoms. The second-order valence-electron chi connectivity index (χ2n) is 5.08. The van der Waals surface area contributed by atoms with E-state index < -0.39 is 0 Å². The fourth-order valence-corrected chi connectivity index (χ4v) is 2.27. The van der Waals surface area contributed by atoms with E-state index in [1.807, 2.05) is 6.92 Å². The molecule has 1 aromatic carbocycles. The summed E-state index contributed by atoms with van der Waals surface area (Å²) in [7, 11) is 0. The van der Waals surface area contributed by atoms with Gasteiger partial charge >= 0.3 is 0 Å². The van der Waals surface area contributed by atoms with Crippen LogP contribution in [-0.4, -0.2) is 48.8 Å². The van der Waals surface area contributed by atoms with Gasteiger partial charge in [-0.2, -0.15) is 0 Å². The summed E-state index contributed by atoms with van der Waals surface area (Å²) in [6.45, 7) is 7.07. The standard InChI is InChI=1S/C15H21N3O2.2ClH/c1-11(18-9-7-16-8-10-18)15(20)17-14-5-3-13(4-6-14)12(2)19;;/h3-6,11,16H,7-10H2,1-2H3,(H,17,20);2*1H. The van der Waals surface area contributed by atoms with Crippen LogP contribution in [0.4, 0.5) is 5.69 Å². The first-order valence-electron chi connectivity index (χ1n) is 6.94. The van der Waals surface area contributed by atoms with Gasteiger partial charge in [0.15, 0.2) is 5.78 Å². The molecule has 1 saturated heterocycles. The van der Waals surface area contributed by atoms with E-state index in [4.69, 9.17) is 0 Å². The van der Waals surface area contributed by atoms with Gasteiger partial charge in [-0.3, -0.25) is 14.5 Å². The molecule has 1 aliphatic heterocycles. The van der Waals surface area contributed by atoms with Crippen LogP contribution in [0.3, 0.4) is 0 Å². The van der Waals surface area contributed by atoms with E-state index >= 15 is 0 Å². The molecule has 5 nitrogen and oxygen atoms in total. The zero-order valence-corrected chi connectivity index (χ0v) is 14.4. The van der Waals surface area contributed by atoms with Gasteiger partial charge in [-0.25, -0.2) is 0 Å². The Hall–Kier alpha value is -1.14. The van der Waals surface area contributed by atoms with E-state index in [1.54, 1.807) is 24.3 Å². The minimum Gasteiger partial charge on any atom is -0.325 e. The van der Waals surface area contributed by atoms with Gasteiger partial charge in [0.25, 0.3) is 0 Å². The lowest BCUT2D eigenvalue weighted by molar-refractivity contribution is -0.120. The lowest BCUT2D eigenvalue weighted by Gasteiger charge is -2.31. The quantitative estimate of drug-likeness (QED) is 0.817. The third-order valence-electron chi connectivity index (χ3n) is 3.64. The van der Waals surface area contributed by atoms with Crippen molar-refractivity contribution in [2.75, 3.05) is 31.5 Å². The van der Waals surface area contributed by atoms with Crippen LogP contribution in [0, 0.1) is 0 Å². The molecule has 1 fully saturated rings. The fraction of sp³-hybridized carbons (Fsp3) is 0.467. The van der Waals surface area contributed by atoms with Crippen molar-refractivity contribution in [1.82, 2.24) is 10.2 Å². The lowest BCUT2D eigenvalue weighted by Crippen LogP contribution is -2.51. The van der Waals surface area contributed by atoms with Gasteiger partial charge in [0.2, 0.25) is 5.91 Å². The summed E-state index contributed by atoms with van der Waals surface area (Å²) < 4.78 is 0. The topological polar surface area (TPSA) is 61.4 Å². The molecule has 0 aliphatic carbocycles. The Bertz CT molecular complexity index is 488. The summed E-state index contributed by atoms with van der Waals surface area (Å²) in [4.78, 5) is 25.5. The molecular formula is C15H23Cl2N3O2. The summed E-state index contributed by atoms with van der Waals surface area (Å²) in [6, 6.07) is 6.84. The van der Waals surface area contributed by atoms with E-state index in [1.165, 1.54) is 6.92 Å². The Balaban J connectivity index is 0.00000220. The van der Waals surface area contributed by atoms with E-state index in [0.717, 1.165) is 31.9 Å². The number of benzene rings is 1. The van der Waals surface area contributed by atoms with Crippen LogP contribution in [0.25, 0.3) is 0 Å². The minimum absolute atomic E-state index is 0. The van der Waals surface area contributed by atoms with Crippen LogP contribution >= 0.6 is 24.8 Å². The molecular weight excluding hydrogens is 325 g/mol. The van der Waals surface area contributed by atoms with Crippen molar-refractivity contribution in [3.63, 3.8) is 0 Å². The van der Waals surface area contributed by atoms with E-state index in [9.17, 15) is 9.59 Å². The van der Waals surface area contributed by atoms with E-state index in [-0.39, 0.29) is 42.5 Å². The second kappa shape index (κ2) is 9.79. The molecule has 1 aromatic rings. The number of rotatable bonds is 4. The van der Waals surface area contributed by atoms with Gasteiger partial charge in [0.05, 0.1) is 6.04 Å². The number of Topliss-reactive ketones (excluding diaryl/α,β-unsaturated/α-hetero) is 1. The zero-order chi connectivity index (χ0) is 14.5. The van der Waals surface area contributed by atoms with Crippen molar-refractivity contribution in [1.29, 1.82) is 0 Å². The van der Waals surface area contributed by atoms with Gasteiger partial charge < -0.3 is 10.6 Å². The fourth-order valence-electron chi connectivity index (χ4n) is 2.27. The molecule has 0 aromatic heterocycles. The summed E-state index contributed by atoms with van der Waals surface area (Å²) in [5, 5.41) is 6.16. The molecule has 1 unspecified atom stereocenters. The van der Waals surface area contributed by atoms with Crippen LogP contribution in [-0.2, 0) is 4.79 Å². The number of amides is 1. The number of ketones is 1. The molecule has 1 aliphatic rings. The number of hydrogen-bond donors (Lipinski definition) is 2. The van der Waals surface area contributed by atoms with Crippen LogP contribution < -0.4 is 10.6 Å². The SMILES string of the molecule is CC(=O)c1ccc(NC(=O)C(C)N2CCNCC2)cc1.Cl.Cl. The highest BCUT2D eigenvalue weighted by atomic mass is 35.5. The van der Waals surface area contributed by atoms with Gasteiger partial charge in [0, 0.05) is 37.4 Å². The smallest absolute Gasteiger partial charge is 0.241 e. The average molecular weight is 348 g/mol. The number of halogens is 2. The maximum Gasteiger partial charge on any atom is 0.241 e. The Morgan fingerprint density at radius 1 is 1.14 bits per heavy atom. The monoisotopic (exact) mass is 347 g/mol. The van der Waals surface area contributed by atoms with Gasteiger partial charge in [-0.15, -0.1) is 24.8 Å². The lowest BCUT2D eigenvalue weighted by atomic mass is 10.1. The average Bonchev–Trinajstić information content (AvgIpc) is 2.48. The maximum atomic E-state index is 12.2. The Morgan fingerprint density at radius 3 is 2.18 bits per heavy atom. The van der Waals surface area contributed by atoms with Crippen molar-refractivity contribution < 1.29 is 9.59 Å². The van der Waals surface area contributed by atoms with Gasteiger partial charge in [-0.05, 0) is 38.1 Å². The third-order valence-corrected chi connectivity index (χ3v) is 3.64. The summed E-state index contributed by atoms with van der Waals surface area (Å²) in [5.74, 6) is 0.0135. The molecule has 22 heavy (non-hydrogen) atoms. The highest BCUT2D eigenvalue weighted by Crippen LogP contribution is 2.11. The van der Waals surface area contributed by atoms with Crippen LogP contribution in [0.1, 0.15) is 24.2 Å². The summed E-state index contributed by atoms with van der Waals surface area (Å²) >= 11 is 0. The number of anilines is 1. The first-order valence-corrected chi connectivity index (χ1v) is 6.94. The van der Waals surface area contributed by atoms with E-state index in [0.29, 0.717) is 5.56 Å². The van der Waals surface area contributed by atoms with Gasteiger partial charge in [0.1, 0.15) is 0 Å². The second-order valence-corrected chi connectivity index (χ2v) is 5.08. The first-order chi connectivity index (χ1) is 9.58. The summed E-state index contributed by atoms with van der Waals surface area (Å²) in [6.07, 6.45) is 0. The van der Waals surface area contributed by atoms with Crippen molar-refractivity contribution >= 4 is 42.2 Å². The molecule has 1 atom stereocenters. The van der Waals surface area contributed by atoms with Crippen molar-refractivity contribution in [2.24, 2.45) is 0 Å². The number of carbonyl (C=O) groups excluding carboxylic acids is 2. The predicted molar refractivity (Wildman–Crippen MR) is 93.5 cm³/mol. The number of carbonyl (C=O) groups is 2. The number of nitrogens with one attached hydrogen (secondary N) is 2. The van der Waals surface area contributed by atoms with Gasteiger partial charge in [-0.1, -0.05) is 0 Å². The van der Waals surface area contributed by atoms with Crippen LogP contribution in [0.15, 0.2) is 24.3 Å². The Kier molecular flexibility index (Phi) is 9.28. The molecule has 0 spiro atoms. The number of piperazine rings is 1. The van der Waals surface area contributed by atoms with Crippen LogP contribution in [0.2, 0.25) is 0 Å². The zero-order valence-electron chi connectivity index (χ0n) is 12.8. The Labute approximate surface area is 143 Å². The highest BCUT2D eigenvalue weighted by molar-refractivity contribution is 5.97. The molecule has 2 N–H and O–H groups in total. The Morgan fingerprint density at radius 2 is 1.68 bits per heavy atom. The predicted octanol–water partition coefficient (Wildman–Crippen LogP) is 1.97. The number of hydrogen-bond acceptors (Lipinski definition) is 4. The van der Waals surface area contributed by atoms with E-state index in [2.05, 4.69) is 15.5 Å². The molecule has 0 radical (unpaired) electrons. The molecule has 1 heterocycles. The highest BCUT2D eigenvalue weighted by Gasteiger charge is 2.22.